The van der Waals surface area contributed by atoms with E-state index in [0.29, 0.717) is 0 Å². The minimum absolute atomic E-state index is 0.0349. The van der Waals surface area contributed by atoms with Crippen molar-refractivity contribution < 1.29 is 9.90 Å². The van der Waals surface area contributed by atoms with Gasteiger partial charge in [0, 0.05) is 32.3 Å². The molecular weight excluding hydrogens is 242 g/mol. The summed E-state index contributed by atoms with van der Waals surface area (Å²) in [4.78, 5) is 17.6. The molecular formula is C14H21N3O2. The van der Waals surface area contributed by atoms with E-state index in [0.717, 1.165) is 37.3 Å². The van der Waals surface area contributed by atoms with E-state index in [-0.39, 0.29) is 11.9 Å². The lowest BCUT2D eigenvalue weighted by molar-refractivity contribution is -0.119. The van der Waals surface area contributed by atoms with Crippen molar-refractivity contribution in [1.82, 2.24) is 10.3 Å². The van der Waals surface area contributed by atoms with Crippen molar-refractivity contribution in [2.75, 3.05) is 18.0 Å². The Morgan fingerprint density at radius 2 is 2.21 bits per heavy atom. The van der Waals surface area contributed by atoms with E-state index < -0.39 is 6.10 Å². The van der Waals surface area contributed by atoms with Gasteiger partial charge in [-0.3, -0.25) is 4.79 Å². The number of aromatic nitrogens is 1. The zero-order valence-corrected chi connectivity index (χ0v) is 11.5. The third kappa shape index (κ3) is 3.67. The van der Waals surface area contributed by atoms with E-state index in [1.807, 2.05) is 12.1 Å². The first-order valence-electron chi connectivity index (χ1n) is 6.72. The number of nitrogens with one attached hydrogen (secondary N) is 1. The summed E-state index contributed by atoms with van der Waals surface area (Å²) in [6.07, 6.45) is 3.12. The summed E-state index contributed by atoms with van der Waals surface area (Å²) in [6.45, 7) is 5.06. The lowest BCUT2D eigenvalue weighted by atomic mass is 10.0. The zero-order chi connectivity index (χ0) is 13.8. The number of hydrogen-bond acceptors (Lipinski definition) is 4. The third-order valence-corrected chi connectivity index (χ3v) is 3.48. The van der Waals surface area contributed by atoms with Crippen LogP contribution in [0, 0.1) is 0 Å². The van der Waals surface area contributed by atoms with Crippen LogP contribution in [0.3, 0.4) is 0 Å². The van der Waals surface area contributed by atoms with Crippen LogP contribution in [0.4, 0.5) is 5.82 Å². The molecule has 1 fully saturated rings. The highest BCUT2D eigenvalue weighted by Gasteiger charge is 2.20. The summed E-state index contributed by atoms with van der Waals surface area (Å²) in [6, 6.07) is 4.04. The number of aliphatic hydroxyl groups excluding tert-OH is 1. The molecule has 1 aliphatic heterocycles. The molecule has 2 heterocycles. The van der Waals surface area contributed by atoms with E-state index in [1.54, 1.807) is 20.0 Å². The van der Waals surface area contributed by atoms with Gasteiger partial charge < -0.3 is 15.3 Å². The second kappa shape index (κ2) is 6.02. The number of amides is 1. The van der Waals surface area contributed by atoms with Crippen LogP contribution in [0.1, 0.15) is 38.4 Å². The van der Waals surface area contributed by atoms with Crippen LogP contribution in [-0.4, -0.2) is 35.1 Å². The largest absolute Gasteiger partial charge is 0.389 e. The van der Waals surface area contributed by atoms with E-state index in [1.165, 1.54) is 0 Å². The van der Waals surface area contributed by atoms with Gasteiger partial charge in [0.2, 0.25) is 5.91 Å². The van der Waals surface area contributed by atoms with Crippen molar-refractivity contribution >= 4 is 11.7 Å². The van der Waals surface area contributed by atoms with E-state index in [9.17, 15) is 9.90 Å². The summed E-state index contributed by atoms with van der Waals surface area (Å²) in [5.74, 6) is 0.937. The molecule has 1 unspecified atom stereocenters. The van der Waals surface area contributed by atoms with Gasteiger partial charge in [0.25, 0.3) is 0 Å². The number of anilines is 1. The molecule has 0 aliphatic carbocycles. The summed E-state index contributed by atoms with van der Waals surface area (Å²) in [5, 5.41) is 12.6. The minimum atomic E-state index is -0.473. The zero-order valence-electron chi connectivity index (χ0n) is 11.5. The first-order chi connectivity index (χ1) is 9.06. The molecule has 2 N–H and O–H groups in total. The molecule has 104 valence electrons. The van der Waals surface area contributed by atoms with Gasteiger partial charge >= 0.3 is 0 Å². The maximum Gasteiger partial charge on any atom is 0.217 e. The monoisotopic (exact) mass is 263 g/mol. The molecule has 0 saturated carbocycles. The molecule has 0 spiro atoms. The summed E-state index contributed by atoms with van der Waals surface area (Å²) >= 11 is 0. The summed E-state index contributed by atoms with van der Waals surface area (Å²) < 4.78 is 0. The number of pyridine rings is 1. The minimum Gasteiger partial charge on any atom is -0.389 e. The number of carbonyl (C=O) groups excluding carboxylic acids is 1. The number of aliphatic hydroxyl groups is 1. The first kappa shape index (κ1) is 13.8. The smallest absolute Gasteiger partial charge is 0.217 e. The lowest BCUT2D eigenvalue weighted by Gasteiger charge is -2.33. The Morgan fingerprint density at radius 1 is 1.53 bits per heavy atom. The number of piperidine rings is 1. The van der Waals surface area contributed by atoms with Crippen molar-refractivity contribution in [2.45, 2.75) is 38.8 Å². The fourth-order valence-corrected chi connectivity index (χ4v) is 2.41. The Bertz CT molecular complexity index is 440. The number of rotatable bonds is 3. The molecule has 0 bridgehead atoms. The van der Waals surface area contributed by atoms with Crippen molar-refractivity contribution in [1.29, 1.82) is 0 Å². The van der Waals surface area contributed by atoms with Gasteiger partial charge in [0.1, 0.15) is 5.82 Å². The van der Waals surface area contributed by atoms with Crippen LogP contribution in [-0.2, 0) is 4.79 Å². The highest BCUT2D eigenvalue weighted by molar-refractivity contribution is 5.73. The molecule has 1 aromatic heterocycles. The molecule has 1 aromatic rings. The highest BCUT2D eigenvalue weighted by atomic mass is 16.3. The predicted molar refractivity (Wildman–Crippen MR) is 73.9 cm³/mol. The molecule has 5 heteroatoms. The molecule has 1 saturated heterocycles. The van der Waals surface area contributed by atoms with Crippen molar-refractivity contribution in [3.63, 3.8) is 0 Å². The molecule has 5 nitrogen and oxygen atoms in total. The van der Waals surface area contributed by atoms with E-state index >= 15 is 0 Å². The Kier molecular flexibility index (Phi) is 4.37. The Hall–Kier alpha value is -1.62. The average Bonchev–Trinajstić information content (AvgIpc) is 2.39. The fraction of sp³-hybridized carbons (Fsp3) is 0.571. The highest BCUT2D eigenvalue weighted by Crippen LogP contribution is 2.21. The van der Waals surface area contributed by atoms with Crippen LogP contribution in [0.15, 0.2) is 18.3 Å². The first-order valence-corrected chi connectivity index (χ1v) is 6.72. The van der Waals surface area contributed by atoms with Crippen LogP contribution in [0.5, 0.6) is 0 Å². The molecule has 1 amide bonds. The van der Waals surface area contributed by atoms with Crippen LogP contribution >= 0.6 is 0 Å². The molecule has 0 radical (unpaired) electrons. The van der Waals surface area contributed by atoms with Gasteiger partial charge in [-0.25, -0.2) is 4.98 Å². The van der Waals surface area contributed by atoms with Crippen LogP contribution in [0.2, 0.25) is 0 Å². The van der Waals surface area contributed by atoms with Gasteiger partial charge in [-0.2, -0.15) is 0 Å². The van der Waals surface area contributed by atoms with Crippen LogP contribution < -0.4 is 10.2 Å². The fourth-order valence-electron chi connectivity index (χ4n) is 2.41. The Morgan fingerprint density at radius 3 is 2.79 bits per heavy atom. The molecule has 1 atom stereocenters. The second-order valence-corrected chi connectivity index (χ2v) is 5.09. The summed E-state index contributed by atoms with van der Waals surface area (Å²) in [7, 11) is 0. The van der Waals surface area contributed by atoms with Crippen molar-refractivity contribution in [2.24, 2.45) is 0 Å². The average molecular weight is 263 g/mol. The number of nitrogens with zero attached hydrogens (tertiary/aromatic N) is 2. The van der Waals surface area contributed by atoms with Crippen molar-refractivity contribution in [3.05, 3.63) is 23.9 Å². The second-order valence-electron chi connectivity index (χ2n) is 5.09. The van der Waals surface area contributed by atoms with E-state index in [2.05, 4.69) is 15.2 Å². The number of hydrogen-bond donors (Lipinski definition) is 2. The summed E-state index contributed by atoms with van der Waals surface area (Å²) in [5.41, 5.74) is 0.883. The quantitative estimate of drug-likeness (QED) is 0.861. The maximum absolute atomic E-state index is 11.0. The van der Waals surface area contributed by atoms with Gasteiger partial charge in [-0.15, -0.1) is 0 Å². The van der Waals surface area contributed by atoms with Crippen molar-refractivity contribution in [3.8, 4) is 0 Å². The molecule has 1 aliphatic rings. The normalized spacial score (nSPS) is 18.2. The van der Waals surface area contributed by atoms with Gasteiger partial charge in [0.05, 0.1) is 6.10 Å². The van der Waals surface area contributed by atoms with Gasteiger partial charge in [-0.1, -0.05) is 0 Å². The molecule has 0 aromatic carbocycles. The predicted octanol–water partition coefficient (Wildman–Crippen LogP) is 1.24. The van der Waals surface area contributed by atoms with Gasteiger partial charge in [-0.05, 0) is 37.5 Å². The Labute approximate surface area is 113 Å². The Balaban J connectivity index is 1.97. The SMILES string of the molecule is CC(=O)NC1CCN(c2cc(C(C)O)ccn2)CC1. The maximum atomic E-state index is 11.0. The number of carbonyl (C=O) groups is 1. The van der Waals surface area contributed by atoms with Crippen LogP contribution in [0.25, 0.3) is 0 Å². The standard InChI is InChI=1S/C14H21N3O2/c1-10(18)12-3-6-15-14(9-12)17-7-4-13(5-8-17)16-11(2)19/h3,6,9-10,13,18H,4-5,7-8H2,1-2H3,(H,16,19). The van der Waals surface area contributed by atoms with Gasteiger partial charge in [0.15, 0.2) is 0 Å². The third-order valence-electron chi connectivity index (χ3n) is 3.48. The van der Waals surface area contributed by atoms with E-state index in [4.69, 9.17) is 0 Å². The lowest BCUT2D eigenvalue weighted by Crippen LogP contribution is -2.44. The topological polar surface area (TPSA) is 65.5 Å². The molecule has 2 rings (SSSR count). The molecule has 19 heavy (non-hydrogen) atoms.